The number of hydrogen-bond acceptors (Lipinski definition) is 4. The van der Waals surface area contributed by atoms with Crippen molar-refractivity contribution < 1.29 is 19.1 Å². The van der Waals surface area contributed by atoms with Gasteiger partial charge in [0.1, 0.15) is 5.60 Å². The topological polar surface area (TPSA) is 64.6 Å². The smallest absolute Gasteiger partial charge is 0.407 e. The molecule has 0 atom stereocenters. The fourth-order valence-corrected chi connectivity index (χ4v) is 1.49. The van der Waals surface area contributed by atoms with Crippen molar-refractivity contribution in [3.8, 4) is 11.8 Å². The van der Waals surface area contributed by atoms with E-state index in [-0.39, 0.29) is 6.54 Å². The van der Waals surface area contributed by atoms with E-state index < -0.39 is 17.7 Å². The summed E-state index contributed by atoms with van der Waals surface area (Å²) < 4.78 is 9.73. The molecule has 0 saturated heterocycles. The van der Waals surface area contributed by atoms with Gasteiger partial charge in [-0.25, -0.2) is 9.59 Å². The van der Waals surface area contributed by atoms with Crippen LogP contribution in [0.25, 0.3) is 0 Å². The number of esters is 1. The molecule has 1 N–H and O–H groups in total. The predicted molar refractivity (Wildman–Crippen MR) is 87.7 cm³/mol. The van der Waals surface area contributed by atoms with Gasteiger partial charge >= 0.3 is 12.1 Å². The van der Waals surface area contributed by atoms with Crippen LogP contribution in [-0.4, -0.2) is 31.3 Å². The lowest BCUT2D eigenvalue weighted by atomic mass is 10.2. The van der Waals surface area contributed by atoms with Gasteiger partial charge in [-0.1, -0.05) is 30.0 Å². The minimum Gasteiger partial charge on any atom is -0.466 e. The first kappa shape index (κ1) is 18.3. The summed E-state index contributed by atoms with van der Waals surface area (Å²) in [6, 6.07) is 9.33. The molecule has 0 aliphatic heterocycles. The molecule has 0 radical (unpaired) electrons. The van der Waals surface area contributed by atoms with Crippen LogP contribution in [0.2, 0.25) is 0 Å². The highest BCUT2D eigenvalue weighted by Crippen LogP contribution is 2.06. The van der Waals surface area contributed by atoms with Gasteiger partial charge < -0.3 is 14.8 Å². The number of carbonyl (C=O) groups is 2. The number of methoxy groups -OCH3 is 1. The SMILES string of the molecule is COC(=O)/C=C(\C#Cc1ccccc1)CNC(=O)OC(C)(C)C. The molecule has 5 heteroatoms. The molecule has 0 aliphatic rings. The average Bonchev–Trinajstić information content (AvgIpc) is 2.49. The monoisotopic (exact) mass is 315 g/mol. The maximum absolute atomic E-state index is 11.7. The minimum atomic E-state index is -0.591. The third-order valence-electron chi connectivity index (χ3n) is 2.46. The third-order valence-corrected chi connectivity index (χ3v) is 2.46. The lowest BCUT2D eigenvalue weighted by Gasteiger charge is -2.19. The molecule has 0 aromatic heterocycles. The number of ether oxygens (including phenoxy) is 2. The number of carbonyl (C=O) groups excluding carboxylic acids is 2. The first-order valence-electron chi connectivity index (χ1n) is 7.12. The van der Waals surface area contributed by atoms with Gasteiger partial charge in [0, 0.05) is 17.2 Å². The summed E-state index contributed by atoms with van der Waals surface area (Å²) in [5, 5.41) is 2.57. The second kappa shape index (κ2) is 8.64. The molecule has 1 amide bonds. The number of hydrogen-bond donors (Lipinski definition) is 1. The van der Waals surface area contributed by atoms with E-state index in [0.29, 0.717) is 5.57 Å². The Kier molecular flexibility index (Phi) is 6.88. The first-order valence-corrected chi connectivity index (χ1v) is 7.12. The Labute approximate surface area is 136 Å². The zero-order chi connectivity index (χ0) is 17.3. The Morgan fingerprint density at radius 3 is 2.43 bits per heavy atom. The standard InChI is InChI=1S/C18H21NO4/c1-18(2,3)23-17(21)19-13-15(12-16(20)22-4)11-10-14-8-6-5-7-9-14/h5-9,12H,13H2,1-4H3,(H,19,21)/b15-12+. The van der Waals surface area contributed by atoms with E-state index in [2.05, 4.69) is 21.9 Å². The van der Waals surface area contributed by atoms with Crippen LogP contribution in [0.5, 0.6) is 0 Å². The summed E-state index contributed by atoms with van der Waals surface area (Å²) in [7, 11) is 1.28. The maximum atomic E-state index is 11.7. The van der Waals surface area contributed by atoms with Gasteiger partial charge in [0.2, 0.25) is 0 Å². The van der Waals surface area contributed by atoms with Crippen molar-refractivity contribution in [1.29, 1.82) is 0 Å². The molecular formula is C18H21NO4. The molecule has 23 heavy (non-hydrogen) atoms. The Morgan fingerprint density at radius 1 is 1.22 bits per heavy atom. The van der Waals surface area contributed by atoms with Crippen molar-refractivity contribution in [1.82, 2.24) is 5.32 Å². The fourth-order valence-electron chi connectivity index (χ4n) is 1.49. The van der Waals surface area contributed by atoms with Crippen LogP contribution in [0, 0.1) is 11.8 Å². The molecule has 1 aromatic rings. The summed E-state index contributed by atoms with van der Waals surface area (Å²) in [5.74, 6) is 5.25. The van der Waals surface area contributed by atoms with Crippen LogP contribution in [-0.2, 0) is 14.3 Å². The molecule has 0 aliphatic carbocycles. The van der Waals surface area contributed by atoms with Crippen LogP contribution < -0.4 is 5.32 Å². The van der Waals surface area contributed by atoms with E-state index in [0.717, 1.165) is 5.56 Å². The minimum absolute atomic E-state index is 0.0733. The van der Waals surface area contributed by atoms with Gasteiger partial charge in [-0.05, 0) is 32.9 Å². The number of benzene rings is 1. The van der Waals surface area contributed by atoms with Crippen molar-refractivity contribution in [2.24, 2.45) is 0 Å². The average molecular weight is 315 g/mol. The predicted octanol–water partition coefficient (Wildman–Crippen LogP) is 2.66. The molecule has 0 fully saturated rings. The summed E-state index contributed by atoms with van der Waals surface area (Å²) in [6.45, 7) is 5.39. The normalized spacial score (nSPS) is 11.0. The summed E-state index contributed by atoms with van der Waals surface area (Å²) in [4.78, 5) is 23.1. The molecule has 0 spiro atoms. The number of amides is 1. The van der Waals surface area contributed by atoms with Crippen molar-refractivity contribution in [3.63, 3.8) is 0 Å². The van der Waals surface area contributed by atoms with E-state index in [4.69, 9.17) is 4.74 Å². The summed E-state index contributed by atoms with van der Waals surface area (Å²) in [6.07, 6.45) is 0.669. The molecule has 5 nitrogen and oxygen atoms in total. The second-order valence-electron chi connectivity index (χ2n) is 5.66. The fraction of sp³-hybridized carbons (Fsp3) is 0.333. The molecule has 0 saturated carbocycles. The number of alkyl carbamates (subject to hydrolysis) is 1. The van der Waals surface area contributed by atoms with Crippen LogP contribution in [0.3, 0.4) is 0 Å². The van der Waals surface area contributed by atoms with Gasteiger partial charge in [0.05, 0.1) is 13.7 Å². The highest BCUT2D eigenvalue weighted by molar-refractivity contribution is 5.84. The Balaban J connectivity index is 2.79. The quantitative estimate of drug-likeness (QED) is 0.529. The lowest BCUT2D eigenvalue weighted by Crippen LogP contribution is -2.33. The third kappa shape index (κ3) is 8.32. The highest BCUT2D eigenvalue weighted by atomic mass is 16.6. The van der Waals surface area contributed by atoms with Crippen LogP contribution >= 0.6 is 0 Å². The molecule has 0 unspecified atom stereocenters. The summed E-state index contributed by atoms with van der Waals surface area (Å²) in [5.41, 5.74) is 0.638. The zero-order valence-electron chi connectivity index (χ0n) is 13.8. The van der Waals surface area contributed by atoms with Crippen molar-refractivity contribution in [3.05, 3.63) is 47.5 Å². The van der Waals surface area contributed by atoms with Crippen molar-refractivity contribution >= 4 is 12.1 Å². The Hall–Kier alpha value is -2.74. The van der Waals surface area contributed by atoms with E-state index in [1.807, 2.05) is 30.3 Å². The van der Waals surface area contributed by atoms with E-state index in [1.54, 1.807) is 20.8 Å². The molecule has 0 bridgehead atoms. The maximum Gasteiger partial charge on any atom is 0.407 e. The summed E-state index contributed by atoms with van der Waals surface area (Å²) >= 11 is 0. The number of nitrogens with one attached hydrogen (secondary N) is 1. The van der Waals surface area contributed by atoms with Gasteiger partial charge in [-0.15, -0.1) is 0 Å². The van der Waals surface area contributed by atoms with Crippen molar-refractivity contribution in [2.75, 3.05) is 13.7 Å². The molecule has 1 aromatic carbocycles. The number of rotatable bonds is 3. The molecule has 1 rings (SSSR count). The van der Waals surface area contributed by atoms with E-state index >= 15 is 0 Å². The first-order chi connectivity index (χ1) is 10.8. The lowest BCUT2D eigenvalue weighted by molar-refractivity contribution is -0.134. The Morgan fingerprint density at radius 2 is 1.87 bits per heavy atom. The van der Waals surface area contributed by atoms with Gasteiger partial charge in [0.15, 0.2) is 0 Å². The zero-order valence-corrected chi connectivity index (χ0v) is 13.8. The van der Waals surface area contributed by atoms with E-state index in [9.17, 15) is 9.59 Å². The van der Waals surface area contributed by atoms with Gasteiger partial charge in [-0.3, -0.25) is 0 Å². The van der Waals surface area contributed by atoms with Crippen LogP contribution in [0.1, 0.15) is 26.3 Å². The van der Waals surface area contributed by atoms with Crippen LogP contribution in [0.4, 0.5) is 4.79 Å². The highest BCUT2D eigenvalue weighted by Gasteiger charge is 2.15. The molecule has 122 valence electrons. The second-order valence-corrected chi connectivity index (χ2v) is 5.66. The molecule has 0 heterocycles. The van der Waals surface area contributed by atoms with Gasteiger partial charge in [0.25, 0.3) is 0 Å². The van der Waals surface area contributed by atoms with Crippen LogP contribution in [0.15, 0.2) is 42.0 Å². The van der Waals surface area contributed by atoms with Crippen molar-refractivity contribution in [2.45, 2.75) is 26.4 Å². The largest absolute Gasteiger partial charge is 0.466 e. The Bertz CT molecular complexity index is 630. The van der Waals surface area contributed by atoms with E-state index in [1.165, 1.54) is 13.2 Å². The molecular weight excluding hydrogens is 294 g/mol. The van der Waals surface area contributed by atoms with Gasteiger partial charge in [-0.2, -0.15) is 0 Å².